The molecule has 1 amide bonds. The highest BCUT2D eigenvalue weighted by Crippen LogP contribution is 2.27. The van der Waals surface area contributed by atoms with Crippen LogP contribution in [0.1, 0.15) is 59.3 Å². The van der Waals surface area contributed by atoms with E-state index in [1.807, 2.05) is 25.7 Å². The van der Waals surface area contributed by atoms with Crippen LogP contribution in [0.15, 0.2) is 0 Å². The Bertz CT molecular complexity index is 373. The van der Waals surface area contributed by atoms with Crippen molar-refractivity contribution in [2.45, 2.75) is 83.1 Å². The van der Waals surface area contributed by atoms with E-state index in [0.717, 1.165) is 45.2 Å². The molecule has 5 nitrogen and oxygen atoms in total. The Morgan fingerprint density at radius 3 is 2.27 bits per heavy atom. The van der Waals surface area contributed by atoms with Crippen LogP contribution in [0.25, 0.3) is 0 Å². The van der Waals surface area contributed by atoms with Gasteiger partial charge in [0.15, 0.2) is 0 Å². The van der Waals surface area contributed by atoms with Crippen LogP contribution in [0.2, 0.25) is 0 Å². The van der Waals surface area contributed by atoms with Gasteiger partial charge >= 0.3 is 6.09 Å². The molecule has 128 valence electrons. The van der Waals surface area contributed by atoms with Crippen molar-refractivity contribution in [2.75, 3.05) is 20.1 Å². The minimum absolute atomic E-state index is 0.192. The Labute approximate surface area is 134 Å². The lowest BCUT2D eigenvalue weighted by Crippen LogP contribution is -2.52. The molecule has 2 aliphatic rings. The maximum Gasteiger partial charge on any atom is 0.410 e. The normalized spacial score (nSPS) is 28.0. The first-order chi connectivity index (χ1) is 10.3. The van der Waals surface area contributed by atoms with Gasteiger partial charge in [0, 0.05) is 25.2 Å². The number of aliphatic hydroxyl groups is 1. The molecule has 2 atom stereocenters. The zero-order valence-electron chi connectivity index (χ0n) is 14.5. The number of rotatable bonds is 2. The van der Waals surface area contributed by atoms with Crippen LogP contribution in [0.5, 0.6) is 0 Å². The summed E-state index contributed by atoms with van der Waals surface area (Å²) in [5.41, 5.74) is -0.434. The van der Waals surface area contributed by atoms with Gasteiger partial charge in [-0.1, -0.05) is 12.8 Å². The van der Waals surface area contributed by atoms with Gasteiger partial charge in [-0.15, -0.1) is 0 Å². The summed E-state index contributed by atoms with van der Waals surface area (Å²) in [6.45, 7) is 7.18. The molecule has 1 aliphatic carbocycles. The predicted molar refractivity (Wildman–Crippen MR) is 86.9 cm³/mol. The number of piperidine rings is 1. The molecule has 1 saturated heterocycles. The van der Waals surface area contributed by atoms with E-state index in [2.05, 4.69) is 11.9 Å². The standard InChI is InChI=1S/C17H32N2O3/c1-17(2,3)22-16(21)19-11-9-13(10-12-19)18(4)14-7-5-6-8-15(14)20/h13-15,20H,5-12H2,1-4H3/t14-,15-/m0/s1. The Hall–Kier alpha value is -0.810. The average molecular weight is 312 g/mol. The number of carbonyl (C=O) groups excluding carboxylic acids is 1. The van der Waals surface area contributed by atoms with Crippen LogP contribution in [-0.2, 0) is 4.74 Å². The molecule has 0 unspecified atom stereocenters. The summed E-state index contributed by atoms with van der Waals surface area (Å²) in [7, 11) is 2.13. The number of amides is 1. The topological polar surface area (TPSA) is 53.0 Å². The minimum Gasteiger partial charge on any atom is -0.444 e. The van der Waals surface area contributed by atoms with Gasteiger partial charge < -0.3 is 14.7 Å². The minimum atomic E-state index is -0.434. The third-order valence-electron chi connectivity index (χ3n) is 4.91. The Morgan fingerprint density at radius 1 is 1.14 bits per heavy atom. The molecule has 1 heterocycles. The van der Waals surface area contributed by atoms with Crippen molar-refractivity contribution in [1.29, 1.82) is 0 Å². The van der Waals surface area contributed by atoms with Crippen LogP contribution in [0.3, 0.4) is 0 Å². The summed E-state index contributed by atoms with van der Waals surface area (Å²) in [5.74, 6) is 0. The number of carbonyl (C=O) groups is 1. The van der Waals surface area contributed by atoms with Gasteiger partial charge in [-0.2, -0.15) is 0 Å². The summed E-state index contributed by atoms with van der Waals surface area (Å²) in [6.07, 6.45) is 5.88. The van der Waals surface area contributed by atoms with Crippen LogP contribution >= 0.6 is 0 Å². The highest BCUT2D eigenvalue weighted by molar-refractivity contribution is 5.68. The molecule has 2 rings (SSSR count). The third-order valence-corrected chi connectivity index (χ3v) is 4.91. The van der Waals surface area contributed by atoms with Gasteiger partial charge in [-0.3, -0.25) is 4.90 Å². The van der Waals surface area contributed by atoms with E-state index in [1.54, 1.807) is 0 Å². The second-order valence-electron chi connectivity index (χ2n) is 7.78. The molecule has 0 spiro atoms. The molecule has 5 heteroatoms. The molecule has 0 aromatic heterocycles. The van der Waals surface area contributed by atoms with Crippen molar-refractivity contribution < 1.29 is 14.6 Å². The van der Waals surface area contributed by atoms with E-state index in [-0.39, 0.29) is 18.2 Å². The first-order valence-electron chi connectivity index (χ1n) is 8.66. The van der Waals surface area contributed by atoms with Gasteiger partial charge in [-0.05, 0) is 53.5 Å². The van der Waals surface area contributed by atoms with Gasteiger partial charge in [-0.25, -0.2) is 4.79 Å². The summed E-state index contributed by atoms with van der Waals surface area (Å²) < 4.78 is 5.44. The van der Waals surface area contributed by atoms with Crippen molar-refractivity contribution in [3.63, 3.8) is 0 Å². The van der Waals surface area contributed by atoms with E-state index in [0.29, 0.717) is 6.04 Å². The number of hydrogen-bond donors (Lipinski definition) is 1. The third kappa shape index (κ3) is 4.59. The molecule has 0 aromatic carbocycles. The van der Waals surface area contributed by atoms with E-state index < -0.39 is 5.60 Å². The Balaban J connectivity index is 1.82. The number of likely N-dealkylation sites (tertiary alicyclic amines) is 1. The SMILES string of the molecule is CN(C1CCN(C(=O)OC(C)(C)C)CC1)[C@H]1CCCC[C@@H]1O. The Morgan fingerprint density at radius 2 is 1.73 bits per heavy atom. The molecular formula is C17H32N2O3. The predicted octanol–water partition coefficient (Wildman–Crippen LogP) is 2.62. The van der Waals surface area contributed by atoms with Crippen molar-refractivity contribution in [3.8, 4) is 0 Å². The lowest BCUT2D eigenvalue weighted by atomic mass is 9.89. The molecule has 2 fully saturated rings. The maximum absolute atomic E-state index is 12.1. The fourth-order valence-electron chi connectivity index (χ4n) is 3.62. The van der Waals surface area contributed by atoms with Crippen LogP contribution in [0, 0.1) is 0 Å². The molecule has 0 aromatic rings. The quantitative estimate of drug-likeness (QED) is 0.851. The van der Waals surface area contributed by atoms with Crippen molar-refractivity contribution >= 4 is 6.09 Å². The van der Waals surface area contributed by atoms with E-state index in [4.69, 9.17) is 4.74 Å². The first kappa shape index (κ1) is 17.5. The maximum atomic E-state index is 12.1. The highest BCUT2D eigenvalue weighted by Gasteiger charge is 2.34. The van der Waals surface area contributed by atoms with Gasteiger partial charge in [0.05, 0.1) is 6.10 Å². The lowest BCUT2D eigenvalue weighted by Gasteiger charge is -2.43. The fraction of sp³-hybridized carbons (Fsp3) is 0.941. The number of ether oxygens (including phenoxy) is 1. The van der Waals surface area contributed by atoms with E-state index in [1.165, 1.54) is 6.42 Å². The van der Waals surface area contributed by atoms with E-state index in [9.17, 15) is 9.90 Å². The molecule has 22 heavy (non-hydrogen) atoms. The molecule has 1 saturated carbocycles. The van der Waals surface area contributed by atoms with Crippen molar-refractivity contribution in [1.82, 2.24) is 9.80 Å². The second-order valence-corrected chi connectivity index (χ2v) is 7.78. The zero-order chi connectivity index (χ0) is 16.3. The summed E-state index contributed by atoms with van der Waals surface area (Å²) in [4.78, 5) is 16.3. The summed E-state index contributed by atoms with van der Waals surface area (Å²) in [6, 6.07) is 0.739. The van der Waals surface area contributed by atoms with Gasteiger partial charge in [0.1, 0.15) is 5.60 Å². The number of likely N-dealkylation sites (N-methyl/N-ethyl adjacent to an activating group) is 1. The first-order valence-corrected chi connectivity index (χ1v) is 8.66. The fourth-order valence-corrected chi connectivity index (χ4v) is 3.62. The monoisotopic (exact) mass is 312 g/mol. The largest absolute Gasteiger partial charge is 0.444 e. The average Bonchev–Trinajstić information content (AvgIpc) is 2.45. The van der Waals surface area contributed by atoms with Crippen molar-refractivity contribution in [3.05, 3.63) is 0 Å². The van der Waals surface area contributed by atoms with Gasteiger partial charge in [0.25, 0.3) is 0 Å². The molecule has 0 bridgehead atoms. The number of aliphatic hydroxyl groups excluding tert-OH is 1. The van der Waals surface area contributed by atoms with Crippen LogP contribution in [0.4, 0.5) is 4.79 Å². The number of nitrogens with zero attached hydrogens (tertiary/aromatic N) is 2. The smallest absolute Gasteiger partial charge is 0.410 e. The molecule has 0 radical (unpaired) electrons. The highest BCUT2D eigenvalue weighted by atomic mass is 16.6. The van der Waals surface area contributed by atoms with Gasteiger partial charge in [0.2, 0.25) is 0 Å². The summed E-state index contributed by atoms with van der Waals surface area (Å²) in [5, 5.41) is 10.2. The summed E-state index contributed by atoms with van der Waals surface area (Å²) >= 11 is 0. The molecule has 1 aliphatic heterocycles. The zero-order valence-corrected chi connectivity index (χ0v) is 14.5. The molecular weight excluding hydrogens is 280 g/mol. The second kappa shape index (κ2) is 7.18. The number of hydrogen-bond acceptors (Lipinski definition) is 4. The van der Waals surface area contributed by atoms with Crippen LogP contribution < -0.4 is 0 Å². The lowest BCUT2D eigenvalue weighted by molar-refractivity contribution is -0.0109. The van der Waals surface area contributed by atoms with E-state index >= 15 is 0 Å². The Kier molecular flexibility index (Phi) is 5.72. The van der Waals surface area contributed by atoms with Crippen molar-refractivity contribution in [2.24, 2.45) is 0 Å². The molecule has 1 N–H and O–H groups in total. The van der Waals surface area contributed by atoms with Crippen LogP contribution in [-0.4, -0.2) is 64.9 Å².